The highest BCUT2D eigenvalue weighted by atomic mass is 16.7. The molecule has 20 heavy (non-hydrogen) atoms. The van der Waals surface area contributed by atoms with Gasteiger partial charge in [0.05, 0.1) is 13.2 Å². The van der Waals surface area contributed by atoms with Gasteiger partial charge in [0.25, 0.3) is 5.91 Å². The normalized spacial score (nSPS) is 11.9. The molecule has 1 rings (SSSR count). The molecule has 7 heteroatoms. The van der Waals surface area contributed by atoms with Gasteiger partial charge >= 0.3 is 5.97 Å². The molecule has 0 fully saturated rings. The minimum absolute atomic E-state index is 0.115. The van der Waals surface area contributed by atoms with Crippen molar-refractivity contribution < 1.29 is 24.3 Å². The van der Waals surface area contributed by atoms with Crippen LogP contribution in [0.3, 0.4) is 0 Å². The molecule has 1 amide bonds. The van der Waals surface area contributed by atoms with E-state index in [-0.39, 0.29) is 18.9 Å². The Morgan fingerprint density at radius 3 is 2.60 bits per heavy atom. The first-order valence-electron chi connectivity index (χ1n) is 6.29. The number of carboxylic acid groups (broad SMARTS) is 1. The van der Waals surface area contributed by atoms with Gasteiger partial charge in [-0.2, -0.15) is 5.06 Å². The minimum atomic E-state index is -1.22. The number of carbonyl (C=O) groups is 2. The van der Waals surface area contributed by atoms with E-state index in [1.165, 1.54) is 12.3 Å². The minimum Gasteiger partial charge on any atom is -0.480 e. The monoisotopic (exact) mass is 282 g/mol. The van der Waals surface area contributed by atoms with Gasteiger partial charge < -0.3 is 9.84 Å². The molecule has 1 heterocycles. The van der Waals surface area contributed by atoms with Crippen molar-refractivity contribution >= 4 is 11.9 Å². The van der Waals surface area contributed by atoms with E-state index < -0.39 is 17.9 Å². The van der Waals surface area contributed by atoms with E-state index in [2.05, 4.69) is 4.98 Å². The van der Waals surface area contributed by atoms with Crippen LogP contribution in [0, 0.1) is 0 Å². The number of rotatable bonds is 8. The lowest BCUT2D eigenvalue weighted by atomic mass is 10.2. The summed E-state index contributed by atoms with van der Waals surface area (Å²) in [6.45, 7) is 3.77. The zero-order chi connectivity index (χ0) is 15.0. The number of carboxylic acids is 1. The largest absolute Gasteiger partial charge is 0.480 e. The van der Waals surface area contributed by atoms with Gasteiger partial charge in [-0.25, -0.2) is 4.79 Å². The Bertz CT molecular complexity index is 438. The molecule has 0 saturated carbocycles. The number of aliphatic carboxylic acids is 1. The number of hydrogen-bond acceptors (Lipinski definition) is 5. The highest BCUT2D eigenvalue weighted by Gasteiger charge is 2.32. The predicted octanol–water partition coefficient (Wildman–Crippen LogP) is 0.965. The molecule has 0 aliphatic heterocycles. The summed E-state index contributed by atoms with van der Waals surface area (Å²) < 4.78 is 5.10. The van der Waals surface area contributed by atoms with Crippen LogP contribution in [-0.4, -0.2) is 52.9 Å². The van der Waals surface area contributed by atoms with E-state index in [4.69, 9.17) is 9.57 Å². The van der Waals surface area contributed by atoms with E-state index in [1.54, 1.807) is 26.0 Å². The van der Waals surface area contributed by atoms with Gasteiger partial charge in [-0.05, 0) is 26.0 Å². The van der Waals surface area contributed by atoms with E-state index in [1.807, 2.05) is 0 Å². The van der Waals surface area contributed by atoms with Crippen LogP contribution in [0.4, 0.5) is 0 Å². The fourth-order valence-electron chi connectivity index (χ4n) is 1.50. The second kappa shape index (κ2) is 8.23. The van der Waals surface area contributed by atoms with Crippen LogP contribution in [0.15, 0.2) is 24.4 Å². The summed E-state index contributed by atoms with van der Waals surface area (Å²) in [7, 11) is 0. The van der Waals surface area contributed by atoms with Crippen molar-refractivity contribution in [2.45, 2.75) is 19.9 Å². The maximum absolute atomic E-state index is 12.3. The van der Waals surface area contributed by atoms with Crippen molar-refractivity contribution in [2.24, 2.45) is 0 Å². The summed E-state index contributed by atoms with van der Waals surface area (Å²) in [6, 6.07) is 3.58. The Labute approximate surface area is 117 Å². The van der Waals surface area contributed by atoms with E-state index in [9.17, 15) is 14.7 Å². The van der Waals surface area contributed by atoms with E-state index >= 15 is 0 Å². The molecule has 0 bridgehead atoms. The molecule has 1 atom stereocenters. The summed E-state index contributed by atoms with van der Waals surface area (Å²) in [6.07, 6.45) is 1.45. The molecule has 0 aromatic carbocycles. The van der Waals surface area contributed by atoms with Crippen molar-refractivity contribution in [1.82, 2.24) is 10.0 Å². The maximum Gasteiger partial charge on any atom is 0.331 e. The highest BCUT2D eigenvalue weighted by Crippen LogP contribution is 2.09. The third-order valence-electron chi connectivity index (χ3n) is 2.40. The molecule has 0 saturated heterocycles. The average molecular weight is 282 g/mol. The van der Waals surface area contributed by atoms with Crippen LogP contribution in [0.2, 0.25) is 0 Å². The third kappa shape index (κ3) is 4.29. The molecule has 1 aromatic rings. The van der Waals surface area contributed by atoms with Gasteiger partial charge in [-0.15, -0.1) is 0 Å². The standard InChI is InChI=1S/C13H18N2O5/c1-3-19-9-11(13(17)18)15(20-4-2)12(16)10-7-5-6-8-14-10/h5-8,11H,3-4,9H2,1-2H3,(H,17,18). The number of nitrogens with zero attached hydrogens (tertiary/aromatic N) is 2. The van der Waals surface area contributed by atoms with Gasteiger partial charge in [0.2, 0.25) is 0 Å². The fourth-order valence-corrected chi connectivity index (χ4v) is 1.50. The lowest BCUT2D eigenvalue weighted by Gasteiger charge is -2.26. The first kappa shape index (κ1) is 16.1. The van der Waals surface area contributed by atoms with Gasteiger partial charge in [0.15, 0.2) is 6.04 Å². The zero-order valence-electron chi connectivity index (χ0n) is 11.5. The number of hydroxylamine groups is 2. The van der Waals surface area contributed by atoms with E-state index in [0.29, 0.717) is 6.61 Å². The predicted molar refractivity (Wildman–Crippen MR) is 69.9 cm³/mol. The Balaban J connectivity index is 2.95. The molecule has 110 valence electrons. The Kier molecular flexibility index (Phi) is 6.61. The van der Waals surface area contributed by atoms with Crippen molar-refractivity contribution in [2.75, 3.05) is 19.8 Å². The average Bonchev–Trinajstić information content (AvgIpc) is 2.46. The lowest BCUT2D eigenvalue weighted by Crippen LogP contribution is -2.48. The lowest BCUT2D eigenvalue weighted by molar-refractivity contribution is -0.180. The molecule has 1 N–H and O–H groups in total. The number of carbonyl (C=O) groups excluding carboxylic acids is 1. The van der Waals surface area contributed by atoms with Gasteiger partial charge in [-0.1, -0.05) is 6.07 Å². The summed E-state index contributed by atoms with van der Waals surface area (Å²) in [5, 5.41) is 10.0. The first-order valence-corrected chi connectivity index (χ1v) is 6.29. The number of ether oxygens (including phenoxy) is 1. The summed E-state index contributed by atoms with van der Waals surface area (Å²) >= 11 is 0. The van der Waals surface area contributed by atoms with Gasteiger partial charge in [0.1, 0.15) is 5.69 Å². The Morgan fingerprint density at radius 1 is 1.35 bits per heavy atom. The molecule has 0 aliphatic carbocycles. The number of pyridine rings is 1. The zero-order valence-corrected chi connectivity index (χ0v) is 11.5. The Morgan fingerprint density at radius 2 is 2.10 bits per heavy atom. The van der Waals surface area contributed by atoms with Crippen LogP contribution < -0.4 is 0 Å². The topological polar surface area (TPSA) is 89.0 Å². The van der Waals surface area contributed by atoms with E-state index in [0.717, 1.165) is 5.06 Å². The smallest absolute Gasteiger partial charge is 0.331 e. The van der Waals surface area contributed by atoms with Crippen LogP contribution in [0.25, 0.3) is 0 Å². The number of aromatic nitrogens is 1. The summed E-state index contributed by atoms with van der Waals surface area (Å²) in [4.78, 5) is 32.6. The Hall–Kier alpha value is -1.99. The second-order valence-electron chi connectivity index (χ2n) is 3.78. The van der Waals surface area contributed by atoms with Crippen LogP contribution >= 0.6 is 0 Å². The van der Waals surface area contributed by atoms with Crippen molar-refractivity contribution in [3.8, 4) is 0 Å². The molecule has 0 spiro atoms. The van der Waals surface area contributed by atoms with Crippen molar-refractivity contribution in [3.63, 3.8) is 0 Å². The molecule has 7 nitrogen and oxygen atoms in total. The van der Waals surface area contributed by atoms with Gasteiger partial charge in [-0.3, -0.25) is 14.6 Å². The number of amides is 1. The molecular formula is C13H18N2O5. The first-order chi connectivity index (χ1) is 9.61. The second-order valence-corrected chi connectivity index (χ2v) is 3.78. The van der Waals surface area contributed by atoms with Crippen LogP contribution in [0.1, 0.15) is 24.3 Å². The highest BCUT2D eigenvalue weighted by molar-refractivity contribution is 5.94. The molecular weight excluding hydrogens is 264 g/mol. The molecule has 0 aliphatic rings. The number of hydrogen-bond donors (Lipinski definition) is 1. The van der Waals surface area contributed by atoms with Crippen LogP contribution in [-0.2, 0) is 14.4 Å². The van der Waals surface area contributed by atoms with Gasteiger partial charge in [0, 0.05) is 12.8 Å². The van der Waals surface area contributed by atoms with Crippen molar-refractivity contribution in [1.29, 1.82) is 0 Å². The molecule has 1 aromatic heterocycles. The fraction of sp³-hybridized carbons (Fsp3) is 0.462. The molecule has 0 radical (unpaired) electrons. The summed E-state index contributed by atoms with van der Waals surface area (Å²) in [5.74, 6) is -1.81. The summed E-state index contributed by atoms with van der Waals surface area (Å²) in [5.41, 5.74) is 0.115. The quantitative estimate of drug-likeness (QED) is 0.714. The SMILES string of the molecule is CCOCC(C(=O)O)N(OCC)C(=O)c1ccccn1. The third-order valence-corrected chi connectivity index (χ3v) is 2.40. The van der Waals surface area contributed by atoms with Crippen molar-refractivity contribution in [3.05, 3.63) is 30.1 Å². The van der Waals surface area contributed by atoms with Crippen LogP contribution in [0.5, 0.6) is 0 Å². The molecule has 1 unspecified atom stereocenters. The maximum atomic E-state index is 12.3.